The molecule has 0 saturated carbocycles. The fourth-order valence-electron chi connectivity index (χ4n) is 2.26. The Morgan fingerprint density at radius 1 is 1.05 bits per heavy atom. The molecular formula is C16H22N2O2. The highest BCUT2D eigenvalue weighted by molar-refractivity contribution is 5.55. The summed E-state index contributed by atoms with van der Waals surface area (Å²) in [4.78, 5) is 0. The van der Waals surface area contributed by atoms with Gasteiger partial charge in [-0.3, -0.25) is 0 Å². The molecule has 0 fully saturated rings. The zero-order chi connectivity index (χ0) is 14.7. The number of hydrogen-bond acceptors (Lipinski definition) is 3. The molecular weight excluding hydrogens is 252 g/mol. The maximum Gasteiger partial charge on any atom is 0.162 e. The molecule has 0 aliphatic rings. The van der Waals surface area contributed by atoms with Crippen LogP contribution in [-0.2, 0) is 13.6 Å². The maximum atomic E-state index is 5.31. The molecule has 1 N–H and O–H groups in total. The molecule has 0 aliphatic carbocycles. The SMILES string of the molecule is COc1ccc(NCc2cc(C)n(C)c2C)cc1OC. The van der Waals surface area contributed by atoms with Gasteiger partial charge in [0.2, 0.25) is 0 Å². The summed E-state index contributed by atoms with van der Waals surface area (Å²) < 4.78 is 12.7. The zero-order valence-electron chi connectivity index (χ0n) is 12.8. The summed E-state index contributed by atoms with van der Waals surface area (Å²) in [5, 5.41) is 3.42. The van der Waals surface area contributed by atoms with Crippen molar-refractivity contribution in [2.75, 3.05) is 19.5 Å². The molecule has 0 radical (unpaired) electrons. The van der Waals surface area contributed by atoms with Crippen LogP contribution >= 0.6 is 0 Å². The molecule has 0 unspecified atom stereocenters. The fourth-order valence-corrected chi connectivity index (χ4v) is 2.26. The Hall–Kier alpha value is -2.10. The second kappa shape index (κ2) is 5.90. The van der Waals surface area contributed by atoms with Gasteiger partial charge >= 0.3 is 0 Å². The lowest BCUT2D eigenvalue weighted by Gasteiger charge is -2.11. The largest absolute Gasteiger partial charge is 0.493 e. The van der Waals surface area contributed by atoms with Gasteiger partial charge in [0.05, 0.1) is 14.2 Å². The third kappa shape index (κ3) is 2.74. The molecule has 4 heteroatoms. The van der Waals surface area contributed by atoms with Crippen LogP contribution in [0.2, 0.25) is 0 Å². The number of rotatable bonds is 5. The maximum absolute atomic E-state index is 5.31. The molecule has 108 valence electrons. The van der Waals surface area contributed by atoms with Crippen LogP contribution in [-0.4, -0.2) is 18.8 Å². The number of nitrogens with zero attached hydrogens (tertiary/aromatic N) is 1. The molecule has 1 heterocycles. The Balaban J connectivity index is 2.12. The van der Waals surface area contributed by atoms with E-state index in [1.54, 1.807) is 14.2 Å². The normalized spacial score (nSPS) is 10.4. The smallest absolute Gasteiger partial charge is 0.162 e. The quantitative estimate of drug-likeness (QED) is 0.909. The fraction of sp³-hybridized carbons (Fsp3) is 0.375. The number of aryl methyl sites for hydroxylation is 1. The summed E-state index contributed by atoms with van der Waals surface area (Å²) in [6, 6.07) is 8.06. The molecule has 0 spiro atoms. The molecule has 0 bridgehead atoms. The van der Waals surface area contributed by atoms with Crippen molar-refractivity contribution in [2.24, 2.45) is 7.05 Å². The summed E-state index contributed by atoms with van der Waals surface area (Å²) >= 11 is 0. The average molecular weight is 274 g/mol. The predicted octanol–water partition coefficient (Wildman–Crippen LogP) is 3.27. The molecule has 0 saturated heterocycles. The van der Waals surface area contributed by atoms with Crippen molar-refractivity contribution < 1.29 is 9.47 Å². The minimum Gasteiger partial charge on any atom is -0.493 e. The first-order chi connectivity index (χ1) is 9.56. The van der Waals surface area contributed by atoms with Gasteiger partial charge in [0.1, 0.15) is 0 Å². The van der Waals surface area contributed by atoms with Crippen molar-refractivity contribution >= 4 is 5.69 Å². The van der Waals surface area contributed by atoms with Gasteiger partial charge in [-0.1, -0.05) is 0 Å². The highest BCUT2D eigenvalue weighted by Gasteiger charge is 2.07. The summed E-state index contributed by atoms with van der Waals surface area (Å²) in [7, 11) is 5.37. The van der Waals surface area contributed by atoms with Crippen LogP contribution in [0, 0.1) is 13.8 Å². The van der Waals surface area contributed by atoms with Crippen LogP contribution in [0.1, 0.15) is 17.0 Å². The van der Waals surface area contributed by atoms with E-state index < -0.39 is 0 Å². The van der Waals surface area contributed by atoms with Crippen LogP contribution in [0.4, 0.5) is 5.69 Å². The number of nitrogens with one attached hydrogen (secondary N) is 1. The first kappa shape index (κ1) is 14.3. The lowest BCUT2D eigenvalue weighted by Crippen LogP contribution is -2.02. The molecule has 0 aliphatic heterocycles. The molecule has 0 atom stereocenters. The number of anilines is 1. The van der Waals surface area contributed by atoms with E-state index in [-0.39, 0.29) is 0 Å². The average Bonchev–Trinajstić information content (AvgIpc) is 2.72. The van der Waals surface area contributed by atoms with Gasteiger partial charge in [-0.25, -0.2) is 0 Å². The standard InChI is InChI=1S/C16H22N2O2/c1-11-8-13(12(2)18(11)3)10-17-14-6-7-15(19-4)16(9-14)20-5/h6-9,17H,10H2,1-5H3. The Morgan fingerprint density at radius 2 is 1.75 bits per heavy atom. The van der Waals surface area contributed by atoms with E-state index in [0.717, 1.165) is 23.7 Å². The summed E-state index contributed by atoms with van der Waals surface area (Å²) in [5.41, 5.74) is 4.88. The van der Waals surface area contributed by atoms with Gasteiger partial charge in [-0.05, 0) is 37.6 Å². The molecule has 1 aromatic heterocycles. The van der Waals surface area contributed by atoms with E-state index in [0.29, 0.717) is 0 Å². The van der Waals surface area contributed by atoms with Gasteiger partial charge in [0, 0.05) is 36.7 Å². The zero-order valence-corrected chi connectivity index (χ0v) is 12.8. The second-order valence-corrected chi connectivity index (χ2v) is 4.88. The highest BCUT2D eigenvalue weighted by atomic mass is 16.5. The Kier molecular flexibility index (Phi) is 4.23. The first-order valence-electron chi connectivity index (χ1n) is 6.64. The topological polar surface area (TPSA) is 35.4 Å². The number of methoxy groups -OCH3 is 2. The van der Waals surface area contributed by atoms with E-state index >= 15 is 0 Å². The van der Waals surface area contributed by atoms with Gasteiger partial charge < -0.3 is 19.4 Å². The Bertz CT molecular complexity index is 603. The van der Waals surface area contributed by atoms with E-state index in [4.69, 9.17) is 9.47 Å². The van der Waals surface area contributed by atoms with Crippen molar-refractivity contribution in [3.63, 3.8) is 0 Å². The minimum absolute atomic E-state index is 0.735. The van der Waals surface area contributed by atoms with E-state index in [1.807, 2.05) is 18.2 Å². The number of benzene rings is 1. The second-order valence-electron chi connectivity index (χ2n) is 4.88. The summed E-state index contributed by atoms with van der Waals surface area (Å²) in [6.45, 7) is 5.05. The summed E-state index contributed by atoms with van der Waals surface area (Å²) in [6.07, 6.45) is 0. The molecule has 4 nitrogen and oxygen atoms in total. The van der Waals surface area contributed by atoms with Gasteiger partial charge in [0.25, 0.3) is 0 Å². The number of ether oxygens (including phenoxy) is 2. The van der Waals surface area contributed by atoms with Crippen molar-refractivity contribution in [2.45, 2.75) is 20.4 Å². The van der Waals surface area contributed by atoms with Crippen LogP contribution < -0.4 is 14.8 Å². The number of aromatic nitrogens is 1. The third-order valence-corrected chi connectivity index (χ3v) is 3.75. The number of hydrogen-bond donors (Lipinski definition) is 1. The van der Waals surface area contributed by atoms with Crippen LogP contribution in [0.15, 0.2) is 24.3 Å². The van der Waals surface area contributed by atoms with Crippen molar-refractivity contribution in [1.29, 1.82) is 0 Å². The Labute approximate surface area is 120 Å². The minimum atomic E-state index is 0.735. The monoisotopic (exact) mass is 274 g/mol. The predicted molar refractivity (Wildman–Crippen MR) is 81.8 cm³/mol. The molecule has 20 heavy (non-hydrogen) atoms. The molecule has 2 rings (SSSR count). The molecule has 0 amide bonds. The lowest BCUT2D eigenvalue weighted by atomic mass is 10.2. The van der Waals surface area contributed by atoms with Gasteiger partial charge in [-0.2, -0.15) is 0 Å². The molecule has 2 aromatic rings. The van der Waals surface area contributed by atoms with Crippen LogP contribution in [0.25, 0.3) is 0 Å². The summed E-state index contributed by atoms with van der Waals surface area (Å²) in [5.74, 6) is 1.48. The van der Waals surface area contributed by atoms with Crippen LogP contribution in [0.5, 0.6) is 11.5 Å². The van der Waals surface area contributed by atoms with Crippen molar-refractivity contribution in [1.82, 2.24) is 4.57 Å². The third-order valence-electron chi connectivity index (χ3n) is 3.75. The van der Waals surface area contributed by atoms with Crippen LogP contribution in [0.3, 0.4) is 0 Å². The van der Waals surface area contributed by atoms with E-state index in [1.165, 1.54) is 17.0 Å². The van der Waals surface area contributed by atoms with E-state index in [2.05, 4.69) is 36.8 Å². The van der Waals surface area contributed by atoms with Gasteiger partial charge in [0.15, 0.2) is 11.5 Å². The van der Waals surface area contributed by atoms with Crippen molar-refractivity contribution in [3.05, 3.63) is 41.2 Å². The molecule has 1 aromatic carbocycles. The van der Waals surface area contributed by atoms with Crippen molar-refractivity contribution in [3.8, 4) is 11.5 Å². The highest BCUT2D eigenvalue weighted by Crippen LogP contribution is 2.30. The van der Waals surface area contributed by atoms with Gasteiger partial charge in [-0.15, -0.1) is 0 Å². The lowest BCUT2D eigenvalue weighted by molar-refractivity contribution is 0.355. The first-order valence-corrected chi connectivity index (χ1v) is 6.64. The van der Waals surface area contributed by atoms with E-state index in [9.17, 15) is 0 Å². The Morgan fingerprint density at radius 3 is 2.30 bits per heavy atom.